The van der Waals surface area contributed by atoms with Gasteiger partial charge >= 0.3 is 0 Å². The number of carbonyl (C=O) groups excluding carboxylic acids is 1. The highest BCUT2D eigenvalue weighted by Gasteiger charge is 2.21. The van der Waals surface area contributed by atoms with Crippen LogP contribution in [0, 0.1) is 0 Å². The molecule has 0 aromatic heterocycles. The fourth-order valence-electron chi connectivity index (χ4n) is 1.84. The molecule has 0 atom stereocenters. The minimum Gasteiger partial charge on any atom is -0.504 e. The molecule has 1 aromatic carbocycles. The number of rotatable bonds is 1. The van der Waals surface area contributed by atoms with Gasteiger partial charge in [-0.3, -0.25) is 4.79 Å². The summed E-state index contributed by atoms with van der Waals surface area (Å²) in [6.07, 6.45) is 4.20. The molecule has 2 N–H and O–H groups in total. The molecule has 0 saturated carbocycles. The molecule has 67 valence electrons. The number of hydrogen-bond acceptors (Lipinski definition) is 3. The van der Waals surface area contributed by atoms with E-state index in [1.807, 2.05) is 0 Å². The van der Waals surface area contributed by atoms with E-state index in [0.29, 0.717) is 11.1 Å². The molecule has 2 rings (SSSR count). The zero-order chi connectivity index (χ0) is 9.42. The number of benzene rings is 1. The minimum absolute atomic E-state index is 0.0773. The lowest BCUT2D eigenvalue weighted by molar-refractivity contribution is 0.400. The molecule has 1 radical (unpaired) electrons. The second-order valence-corrected chi connectivity index (χ2v) is 3.20. The summed E-state index contributed by atoms with van der Waals surface area (Å²) < 4.78 is 0. The van der Waals surface area contributed by atoms with Crippen LogP contribution in [0.1, 0.15) is 23.1 Å². The second kappa shape index (κ2) is 2.76. The first kappa shape index (κ1) is 8.10. The molecule has 0 amide bonds. The maximum atomic E-state index is 10.5. The summed E-state index contributed by atoms with van der Waals surface area (Å²) in [4.78, 5) is 10.5. The van der Waals surface area contributed by atoms with Gasteiger partial charge in [0.1, 0.15) is 0 Å². The lowest BCUT2D eigenvalue weighted by atomic mass is 10.0. The van der Waals surface area contributed by atoms with Gasteiger partial charge in [-0.2, -0.15) is 0 Å². The van der Waals surface area contributed by atoms with Crippen molar-refractivity contribution in [2.75, 3.05) is 0 Å². The van der Waals surface area contributed by atoms with Crippen LogP contribution in [-0.4, -0.2) is 16.5 Å². The van der Waals surface area contributed by atoms with Crippen molar-refractivity contribution in [3.05, 3.63) is 22.8 Å². The van der Waals surface area contributed by atoms with Gasteiger partial charge in [0.05, 0.1) is 0 Å². The van der Waals surface area contributed by atoms with E-state index in [2.05, 4.69) is 0 Å². The number of aromatic hydroxyl groups is 2. The number of phenolic OH excluding ortho intramolecular Hbond substituents is 2. The first-order valence-electron chi connectivity index (χ1n) is 4.19. The summed E-state index contributed by atoms with van der Waals surface area (Å²) in [5.74, 6) is -0.300. The summed E-state index contributed by atoms with van der Waals surface area (Å²) in [6.45, 7) is 0. The molecule has 1 aromatic rings. The summed E-state index contributed by atoms with van der Waals surface area (Å²) in [5.41, 5.74) is 1.92. The van der Waals surface area contributed by atoms with Gasteiger partial charge in [0.15, 0.2) is 11.5 Å². The molecule has 1 aliphatic rings. The molecule has 0 spiro atoms. The van der Waals surface area contributed by atoms with Crippen LogP contribution in [0.25, 0.3) is 0 Å². The Labute approximate surface area is 75.6 Å². The minimum atomic E-state index is -0.223. The zero-order valence-electron chi connectivity index (χ0n) is 7.00. The highest BCUT2D eigenvalue weighted by Crippen LogP contribution is 2.38. The van der Waals surface area contributed by atoms with E-state index < -0.39 is 0 Å². The average Bonchev–Trinajstić information content (AvgIpc) is 2.60. The van der Waals surface area contributed by atoms with Gasteiger partial charge in [-0.15, -0.1) is 0 Å². The largest absolute Gasteiger partial charge is 0.504 e. The maximum absolute atomic E-state index is 10.5. The third-order valence-electron chi connectivity index (χ3n) is 2.46. The van der Waals surface area contributed by atoms with E-state index in [1.165, 1.54) is 6.07 Å². The average molecular weight is 177 g/mol. The molecule has 13 heavy (non-hydrogen) atoms. The van der Waals surface area contributed by atoms with Gasteiger partial charge in [0.25, 0.3) is 0 Å². The molecule has 3 heteroatoms. The normalized spacial score (nSPS) is 14.2. The van der Waals surface area contributed by atoms with E-state index in [4.69, 9.17) is 0 Å². The molecule has 3 nitrogen and oxygen atoms in total. The van der Waals surface area contributed by atoms with E-state index in [1.54, 1.807) is 6.29 Å². The number of fused-ring (bicyclic) bond motifs is 1. The van der Waals surface area contributed by atoms with Gasteiger partial charge in [-0.1, -0.05) is 0 Å². The summed E-state index contributed by atoms with van der Waals surface area (Å²) in [5, 5.41) is 18.7. The topological polar surface area (TPSA) is 57.5 Å². The highest BCUT2D eigenvalue weighted by molar-refractivity contribution is 5.81. The van der Waals surface area contributed by atoms with Crippen LogP contribution >= 0.6 is 0 Å². The van der Waals surface area contributed by atoms with E-state index in [-0.39, 0.29) is 11.5 Å². The van der Waals surface area contributed by atoms with Crippen LogP contribution < -0.4 is 0 Å². The molecule has 0 fully saturated rings. The van der Waals surface area contributed by atoms with Crippen molar-refractivity contribution in [3.63, 3.8) is 0 Å². The Morgan fingerprint density at radius 2 is 1.92 bits per heavy atom. The van der Waals surface area contributed by atoms with E-state index in [9.17, 15) is 15.0 Å². The van der Waals surface area contributed by atoms with Crippen LogP contribution in [0.3, 0.4) is 0 Å². The Morgan fingerprint density at radius 3 is 2.62 bits per heavy atom. The van der Waals surface area contributed by atoms with Gasteiger partial charge in [-0.05, 0) is 30.9 Å². The predicted octanol–water partition coefficient (Wildman–Crippen LogP) is 1.04. The van der Waals surface area contributed by atoms with Crippen LogP contribution in [0.5, 0.6) is 11.5 Å². The van der Waals surface area contributed by atoms with Gasteiger partial charge in [-0.25, -0.2) is 0 Å². The van der Waals surface area contributed by atoms with Gasteiger partial charge in [0.2, 0.25) is 6.29 Å². The molecule has 0 aliphatic heterocycles. The fraction of sp³-hybridized carbons (Fsp3) is 0.300. The Kier molecular flexibility index (Phi) is 1.72. The molecule has 0 bridgehead atoms. The lowest BCUT2D eigenvalue weighted by Gasteiger charge is -2.06. The third-order valence-corrected chi connectivity index (χ3v) is 2.46. The van der Waals surface area contributed by atoms with Crippen molar-refractivity contribution in [2.24, 2.45) is 0 Å². The van der Waals surface area contributed by atoms with Crippen LogP contribution in [0.2, 0.25) is 0 Å². The van der Waals surface area contributed by atoms with Crippen molar-refractivity contribution >= 4 is 6.29 Å². The molecular formula is C10H9O3. The van der Waals surface area contributed by atoms with Crippen molar-refractivity contribution in [1.82, 2.24) is 0 Å². The lowest BCUT2D eigenvalue weighted by Crippen LogP contribution is -1.92. The SMILES string of the molecule is O=[C]c1cc(O)c(O)c2c1CCC2. The monoisotopic (exact) mass is 177 g/mol. The molecule has 1 aliphatic carbocycles. The van der Waals surface area contributed by atoms with Gasteiger partial charge < -0.3 is 10.2 Å². The van der Waals surface area contributed by atoms with Crippen LogP contribution in [0.4, 0.5) is 0 Å². The Hall–Kier alpha value is -1.51. The number of phenols is 2. The predicted molar refractivity (Wildman–Crippen MR) is 46.6 cm³/mol. The Morgan fingerprint density at radius 1 is 1.23 bits per heavy atom. The quantitative estimate of drug-likeness (QED) is 0.630. The molecule has 0 saturated heterocycles. The van der Waals surface area contributed by atoms with Crippen molar-refractivity contribution in [3.8, 4) is 11.5 Å². The van der Waals surface area contributed by atoms with Crippen molar-refractivity contribution < 1.29 is 15.0 Å². The first-order valence-corrected chi connectivity index (χ1v) is 4.19. The molecule has 0 heterocycles. The third kappa shape index (κ3) is 1.08. The molecule has 0 unspecified atom stereocenters. The smallest absolute Gasteiger partial charge is 0.233 e. The fourth-order valence-corrected chi connectivity index (χ4v) is 1.84. The summed E-state index contributed by atoms with van der Waals surface area (Å²) >= 11 is 0. The molecular weight excluding hydrogens is 168 g/mol. The maximum Gasteiger partial charge on any atom is 0.233 e. The number of hydrogen-bond donors (Lipinski definition) is 2. The zero-order valence-corrected chi connectivity index (χ0v) is 7.00. The Bertz CT molecular complexity index is 369. The Balaban J connectivity index is 2.70. The van der Waals surface area contributed by atoms with Gasteiger partial charge in [0, 0.05) is 11.1 Å². The highest BCUT2D eigenvalue weighted by atomic mass is 16.3. The van der Waals surface area contributed by atoms with Crippen molar-refractivity contribution in [2.45, 2.75) is 19.3 Å². The van der Waals surface area contributed by atoms with Crippen LogP contribution in [-0.2, 0) is 17.6 Å². The summed E-state index contributed by atoms with van der Waals surface area (Å²) in [6, 6.07) is 1.27. The van der Waals surface area contributed by atoms with Crippen LogP contribution in [0.15, 0.2) is 6.07 Å². The first-order chi connectivity index (χ1) is 6.24. The second-order valence-electron chi connectivity index (χ2n) is 3.20. The summed E-state index contributed by atoms with van der Waals surface area (Å²) in [7, 11) is 0. The van der Waals surface area contributed by atoms with E-state index in [0.717, 1.165) is 24.8 Å². The standard InChI is InChI=1S/C10H9O3/c11-5-6-4-9(12)10(13)8-3-1-2-7(6)8/h4,12-13H,1-3H2. The van der Waals surface area contributed by atoms with Crippen molar-refractivity contribution in [1.29, 1.82) is 0 Å². The van der Waals surface area contributed by atoms with E-state index >= 15 is 0 Å².